The van der Waals surface area contributed by atoms with Gasteiger partial charge in [0.25, 0.3) is 5.91 Å². The number of rotatable bonds is 8. The molecule has 3 rings (SSSR count). The first-order chi connectivity index (χ1) is 15.3. The molecule has 0 unspecified atom stereocenters. The summed E-state index contributed by atoms with van der Waals surface area (Å²) in [5.41, 5.74) is 3.46. The van der Waals surface area contributed by atoms with E-state index in [-0.39, 0.29) is 30.2 Å². The molecule has 2 amide bonds. The molecule has 0 bridgehead atoms. The first kappa shape index (κ1) is 23.7. The number of carbonyl (C=O) groups is 2. The third kappa shape index (κ3) is 5.82. The van der Waals surface area contributed by atoms with Crippen LogP contribution in [0.5, 0.6) is 0 Å². The Labute approximate surface area is 193 Å². The summed E-state index contributed by atoms with van der Waals surface area (Å²) in [6.45, 7) is 8.53. The van der Waals surface area contributed by atoms with Gasteiger partial charge in [0.05, 0.1) is 6.54 Å². The first-order valence-electron chi connectivity index (χ1n) is 10.7. The molecule has 4 nitrogen and oxygen atoms in total. The molecule has 0 fully saturated rings. The van der Waals surface area contributed by atoms with Crippen molar-refractivity contribution in [3.63, 3.8) is 0 Å². The summed E-state index contributed by atoms with van der Waals surface area (Å²) in [6.07, 6.45) is 0. The van der Waals surface area contributed by atoms with Crippen LogP contribution in [0.2, 0.25) is 0 Å². The lowest BCUT2D eigenvalue weighted by Gasteiger charge is -2.30. The molecule has 6 heteroatoms. The van der Waals surface area contributed by atoms with E-state index in [1.165, 1.54) is 12.1 Å². The number of benzene rings is 2. The summed E-state index contributed by atoms with van der Waals surface area (Å²) >= 11 is 1.60. The van der Waals surface area contributed by atoms with E-state index in [1.807, 2.05) is 57.3 Å². The van der Waals surface area contributed by atoms with E-state index in [1.54, 1.807) is 39.3 Å². The molecule has 0 saturated heterocycles. The maximum atomic E-state index is 13.5. The van der Waals surface area contributed by atoms with Gasteiger partial charge < -0.3 is 9.80 Å². The van der Waals surface area contributed by atoms with Crippen molar-refractivity contribution < 1.29 is 14.0 Å². The Balaban J connectivity index is 1.84. The molecule has 0 spiro atoms. The summed E-state index contributed by atoms with van der Waals surface area (Å²) in [6, 6.07) is 15.5. The van der Waals surface area contributed by atoms with Crippen LogP contribution < -0.4 is 0 Å². The van der Waals surface area contributed by atoms with Gasteiger partial charge in [-0.1, -0.05) is 30.3 Å². The van der Waals surface area contributed by atoms with Crippen molar-refractivity contribution in [1.29, 1.82) is 0 Å². The van der Waals surface area contributed by atoms with Crippen molar-refractivity contribution in [2.45, 2.75) is 46.8 Å². The maximum absolute atomic E-state index is 13.5. The van der Waals surface area contributed by atoms with Crippen molar-refractivity contribution in [3.8, 4) is 0 Å². The van der Waals surface area contributed by atoms with Crippen molar-refractivity contribution in [2.24, 2.45) is 0 Å². The van der Waals surface area contributed by atoms with Crippen LogP contribution in [0, 0.1) is 19.7 Å². The van der Waals surface area contributed by atoms with Crippen molar-refractivity contribution >= 4 is 23.2 Å². The molecule has 0 aliphatic rings. The van der Waals surface area contributed by atoms with Gasteiger partial charge in [-0.2, -0.15) is 0 Å². The Hall–Kier alpha value is -2.99. The standard InChI is InChI=1S/C26H29FN2O2S/c1-18(2)29(26(31)23-8-6-5-7-19(23)3)17-25(30)28(16-24-20(4)13-14-32-24)15-21-9-11-22(27)12-10-21/h5-14,18H,15-17H2,1-4H3. The molecule has 1 heterocycles. The molecule has 0 aliphatic carbocycles. The molecule has 0 N–H and O–H groups in total. The van der Waals surface area contributed by atoms with Crippen molar-refractivity contribution in [1.82, 2.24) is 9.80 Å². The molecule has 0 radical (unpaired) electrons. The molecule has 1 aromatic heterocycles. The quantitative estimate of drug-likeness (QED) is 0.447. The van der Waals surface area contributed by atoms with Crippen LogP contribution in [0.3, 0.4) is 0 Å². The Bertz CT molecular complexity index is 1080. The van der Waals surface area contributed by atoms with Gasteiger partial charge in [-0.3, -0.25) is 9.59 Å². The molecule has 0 atom stereocenters. The van der Waals surface area contributed by atoms with Gasteiger partial charge in [0.15, 0.2) is 0 Å². The van der Waals surface area contributed by atoms with E-state index in [2.05, 4.69) is 0 Å². The van der Waals surface area contributed by atoms with Crippen molar-refractivity contribution in [2.75, 3.05) is 6.54 Å². The minimum absolute atomic E-state index is 0.0174. The topological polar surface area (TPSA) is 40.6 Å². The minimum Gasteiger partial charge on any atom is -0.332 e. The maximum Gasteiger partial charge on any atom is 0.254 e. The first-order valence-corrected chi connectivity index (χ1v) is 11.6. The highest BCUT2D eigenvalue weighted by Gasteiger charge is 2.26. The largest absolute Gasteiger partial charge is 0.332 e. The summed E-state index contributed by atoms with van der Waals surface area (Å²) in [5.74, 6) is -0.603. The lowest BCUT2D eigenvalue weighted by atomic mass is 10.1. The van der Waals surface area contributed by atoms with Crippen LogP contribution in [0.25, 0.3) is 0 Å². The van der Waals surface area contributed by atoms with E-state index in [9.17, 15) is 14.0 Å². The van der Waals surface area contributed by atoms with Gasteiger partial charge in [0.2, 0.25) is 5.91 Å². The van der Waals surface area contributed by atoms with E-state index < -0.39 is 0 Å². The zero-order valence-electron chi connectivity index (χ0n) is 19.0. The van der Waals surface area contributed by atoms with Crippen LogP contribution >= 0.6 is 11.3 Å². The summed E-state index contributed by atoms with van der Waals surface area (Å²) < 4.78 is 13.4. The Morgan fingerprint density at radius 3 is 2.22 bits per heavy atom. The van der Waals surface area contributed by atoms with Crippen LogP contribution in [-0.2, 0) is 17.9 Å². The monoisotopic (exact) mass is 452 g/mol. The van der Waals surface area contributed by atoms with Gasteiger partial charge in [0, 0.05) is 23.0 Å². The molecule has 168 valence electrons. The van der Waals surface area contributed by atoms with E-state index in [0.29, 0.717) is 18.7 Å². The van der Waals surface area contributed by atoms with Crippen LogP contribution in [0.1, 0.15) is 45.8 Å². The average Bonchev–Trinajstić information content (AvgIpc) is 3.17. The molecule has 32 heavy (non-hydrogen) atoms. The highest BCUT2D eigenvalue weighted by Crippen LogP contribution is 2.21. The summed E-state index contributed by atoms with van der Waals surface area (Å²) in [5, 5.41) is 2.01. The number of aryl methyl sites for hydroxylation is 2. The van der Waals surface area contributed by atoms with Gasteiger partial charge in [0.1, 0.15) is 12.4 Å². The van der Waals surface area contributed by atoms with E-state index >= 15 is 0 Å². The van der Waals surface area contributed by atoms with Crippen molar-refractivity contribution in [3.05, 3.63) is 92.9 Å². The van der Waals surface area contributed by atoms with Crippen LogP contribution in [-0.4, -0.2) is 34.2 Å². The molecular weight excluding hydrogens is 423 g/mol. The zero-order chi connectivity index (χ0) is 23.3. The molecular formula is C26H29FN2O2S. The molecule has 3 aromatic rings. The predicted octanol–water partition coefficient (Wildman–Crippen LogP) is 5.58. The number of thiophene rings is 1. The summed E-state index contributed by atoms with van der Waals surface area (Å²) in [7, 11) is 0. The number of amides is 2. The second-order valence-corrected chi connectivity index (χ2v) is 9.25. The number of halogens is 1. The number of carbonyl (C=O) groups excluding carboxylic acids is 2. The van der Waals surface area contributed by atoms with Gasteiger partial charge in [-0.25, -0.2) is 4.39 Å². The fourth-order valence-corrected chi connectivity index (χ4v) is 4.40. The molecule has 2 aromatic carbocycles. The Morgan fingerprint density at radius 2 is 1.62 bits per heavy atom. The van der Waals surface area contributed by atoms with Gasteiger partial charge >= 0.3 is 0 Å². The van der Waals surface area contributed by atoms with Gasteiger partial charge in [-0.05, 0) is 74.0 Å². The predicted molar refractivity (Wildman–Crippen MR) is 127 cm³/mol. The lowest BCUT2D eigenvalue weighted by molar-refractivity contribution is -0.133. The highest BCUT2D eigenvalue weighted by molar-refractivity contribution is 7.10. The second kappa shape index (κ2) is 10.6. The van der Waals surface area contributed by atoms with Crippen LogP contribution in [0.15, 0.2) is 60.0 Å². The average molecular weight is 453 g/mol. The molecule has 0 saturated carbocycles. The Kier molecular flexibility index (Phi) is 7.80. The highest BCUT2D eigenvalue weighted by atomic mass is 32.1. The number of hydrogen-bond donors (Lipinski definition) is 0. The fraction of sp³-hybridized carbons (Fsp3) is 0.308. The van der Waals surface area contributed by atoms with E-state index in [4.69, 9.17) is 0 Å². The normalized spacial score (nSPS) is 10.9. The number of nitrogens with zero attached hydrogens (tertiary/aromatic N) is 2. The SMILES string of the molecule is Cc1ccccc1C(=O)N(CC(=O)N(Cc1ccc(F)cc1)Cc1sccc1C)C(C)C. The minimum atomic E-state index is -0.310. The number of hydrogen-bond acceptors (Lipinski definition) is 3. The van der Waals surface area contributed by atoms with E-state index in [0.717, 1.165) is 21.6 Å². The zero-order valence-corrected chi connectivity index (χ0v) is 19.8. The third-order valence-electron chi connectivity index (χ3n) is 5.51. The van der Waals surface area contributed by atoms with Gasteiger partial charge in [-0.15, -0.1) is 11.3 Å². The Morgan fingerprint density at radius 1 is 0.938 bits per heavy atom. The van der Waals surface area contributed by atoms with Crippen LogP contribution in [0.4, 0.5) is 4.39 Å². The smallest absolute Gasteiger partial charge is 0.254 e. The fourth-order valence-electron chi connectivity index (χ4n) is 3.48. The molecule has 0 aliphatic heterocycles. The third-order valence-corrected chi connectivity index (χ3v) is 6.52. The lowest BCUT2D eigenvalue weighted by Crippen LogP contribution is -2.45. The summed E-state index contributed by atoms with van der Waals surface area (Å²) in [4.78, 5) is 31.2. The second-order valence-electron chi connectivity index (χ2n) is 8.24.